The molecule has 0 nitrogen and oxygen atoms in total. The maximum Gasteiger partial charge on any atom is 0.00191 e. The van der Waals surface area contributed by atoms with Crippen LogP contribution in [0.3, 0.4) is 0 Å². The van der Waals surface area contributed by atoms with E-state index in [1.165, 1.54) is 23.0 Å². The molecule has 0 saturated carbocycles. The molecule has 7 heavy (non-hydrogen) atoms. The molecule has 1 saturated heterocycles. The van der Waals surface area contributed by atoms with Gasteiger partial charge in [0.15, 0.2) is 0 Å². The Morgan fingerprint density at radius 2 is 1.86 bits per heavy atom. The minimum absolute atomic E-state index is 0.539. The number of hydrogen-bond acceptors (Lipinski definition) is 1. The Labute approximate surface area is 51.6 Å². The van der Waals surface area contributed by atoms with Crippen LogP contribution in [-0.4, -0.2) is 28.9 Å². The van der Waals surface area contributed by atoms with Gasteiger partial charge in [0, 0.05) is 11.5 Å². The summed E-state index contributed by atoms with van der Waals surface area (Å²) < 4.78 is 0. The highest BCUT2D eigenvalue weighted by Gasteiger charge is 1.99. The summed E-state index contributed by atoms with van der Waals surface area (Å²) in [5.74, 6) is 9.45. The lowest BCUT2D eigenvalue weighted by atomic mass is 10.9. The van der Waals surface area contributed by atoms with Gasteiger partial charge in [-0.25, -0.2) is 0 Å². The molecule has 1 aliphatic rings. The van der Waals surface area contributed by atoms with E-state index in [1.807, 2.05) is 0 Å². The Balaban J connectivity index is 2.25. The maximum atomic E-state index is 4.01. The van der Waals surface area contributed by atoms with E-state index in [0.29, 0.717) is 10.5 Å². The lowest BCUT2D eigenvalue weighted by Crippen LogP contribution is -2.00. The predicted octanol–water partition coefficient (Wildman–Crippen LogP) is 1.43. The zero-order chi connectivity index (χ0) is 5.11. The third kappa shape index (κ3) is 1.87. The SMILES string of the molecule is C=S1CCSCC1. The van der Waals surface area contributed by atoms with E-state index in [2.05, 4.69) is 17.6 Å². The molecule has 0 bridgehead atoms. The molecular weight excluding hydrogens is 124 g/mol. The van der Waals surface area contributed by atoms with Gasteiger partial charge in [-0.15, -0.1) is 0 Å². The molecule has 0 N–H and O–H groups in total. The lowest BCUT2D eigenvalue weighted by molar-refractivity contribution is 1.43. The van der Waals surface area contributed by atoms with Crippen LogP contribution in [0.4, 0.5) is 0 Å². The first kappa shape index (κ1) is 5.70. The van der Waals surface area contributed by atoms with Crippen LogP contribution in [-0.2, 0) is 0 Å². The molecule has 2 heteroatoms. The fraction of sp³-hybridized carbons (Fsp3) is 0.800. The van der Waals surface area contributed by atoms with Crippen LogP contribution >= 0.6 is 22.2 Å². The van der Waals surface area contributed by atoms with Gasteiger partial charge in [-0.1, -0.05) is 5.87 Å². The molecule has 0 spiro atoms. The van der Waals surface area contributed by atoms with Crippen LogP contribution in [0.1, 0.15) is 0 Å². The van der Waals surface area contributed by atoms with Crippen molar-refractivity contribution in [2.45, 2.75) is 0 Å². The fourth-order valence-electron chi connectivity index (χ4n) is 0.558. The van der Waals surface area contributed by atoms with Gasteiger partial charge >= 0.3 is 0 Å². The minimum atomic E-state index is 0.539. The second-order valence-corrected chi connectivity index (χ2v) is 4.90. The molecule has 0 aromatic rings. The Morgan fingerprint density at radius 1 is 1.29 bits per heavy atom. The molecule has 0 atom stereocenters. The molecule has 1 fully saturated rings. The second-order valence-electron chi connectivity index (χ2n) is 1.63. The van der Waals surface area contributed by atoms with Crippen molar-refractivity contribution in [1.29, 1.82) is 0 Å². The van der Waals surface area contributed by atoms with Gasteiger partial charge in [0.05, 0.1) is 0 Å². The summed E-state index contributed by atoms with van der Waals surface area (Å²) in [5, 5.41) is 0. The summed E-state index contributed by atoms with van der Waals surface area (Å²) >= 11 is 2.07. The second kappa shape index (κ2) is 2.78. The van der Waals surface area contributed by atoms with Crippen LogP contribution in [0, 0.1) is 0 Å². The zero-order valence-corrected chi connectivity index (χ0v) is 5.99. The molecule has 0 aromatic carbocycles. The van der Waals surface area contributed by atoms with Crippen LogP contribution in [0.15, 0.2) is 0 Å². The zero-order valence-electron chi connectivity index (χ0n) is 4.35. The van der Waals surface area contributed by atoms with Crippen LogP contribution < -0.4 is 0 Å². The summed E-state index contributed by atoms with van der Waals surface area (Å²) in [4.78, 5) is 0. The third-order valence-electron chi connectivity index (χ3n) is 1.03. The van der Waals surface area contributed by atoms with Gasteiger partial charge in [-0.05, 0) is 11.5 Å². The van der Waals surface area contributed by atoms with E-state index in [4.69, 9.17) is 0 Å². The Kier molecular flexibility index (Phi) is 2.26. The van der Waals surface area contributed by atoms with Crippen molar-refractivity contribution in [3.8, 4) is 0 Å². The van der Waals surface area contributed by atoms with Gasteiger partial charge in [-0.3, -0.25) is 0 Å². The Hall–Kier alpha value is 0.570. The van der Waals surface area contributed by atoms with Crippen molar-refractivity contribution in [1.82, 2.24) is 0 Å². The van der Waals surface area contributed by atoms with E-state index < -0.39 is 0 Å². The van der Waals surface area contributed by atoms with E-state index in [-0.39, 0.29) is 0 Å². The van der Waals surface area contributed by atoms with E-state index in [1.54, 1.807) is 0 Å². The highest BCUT2D eigenvalue weighted by molar-refractivity contribution is 8.16. The smallest absolute Gasteiger partial charge is 0.00191 e. The van der Waals surface area contributed by atoms with Gasteiger partial charge in [-0.2, -0.15) is 22.2 Å². The first-order valence-corrected chi connectivity index (χ1v) is 5.33. The molecule has 1 aliphatic heterocycles. The summed E-state index contributed by atoms with van der Waals surface area (Å²) in [6, 6.07) is 0. The van der Waals surface area contributed by atoms with Gasteiger partial charge < -0.3 is 0 Å². The number of thioether (sulfide) groups is 1. The summed E-state index contributed by atoms with van der Waals surface area (Å²) in [7, 11) is 0.539. The first-order chi connectivity index (χ1) is 3.39. The van der Waals surface area contributed by atoms with Crippen molar-refractivity contribution in [2.24, 2.45) is 0 Å². The van der Waals surface area contributed by atoms with Crippen molar-refractivity contribution in [2.75, 3.05) is 23.0 Å². The highest BCUT2D eigenvalue weighted by Crippen LogP contribution is 2.20. The van der Waals surface area contributed by atoms with Crippen LogP contribution in [0.5, 0.6) is 0 Å². The standard InChI is InChI=1S/C5H10S2/c1-7-4-2-6-3-5-7/h1-5H2. The highest BCUT2D eigenvalue weighted by atomic mass is 32.2. The van der Waals surface area contributed by atoms with Crippen molar-refractivity contribution < 1.29 is 0 Å². The molecule has 42 valence electrons. The van der Waals surface area contributed by atoms with Gasteiger partial charge in [0.1, 0.15) is 0 Å². The maximum absolute atomic E-state index is 4.01. The van der Waals surface area contributed by atoms with Crippen molar-refractivity contribution >= 4 is 28.1 Å². The molecule has 0 unspecified atom stereocenters. The Bertz CT molecular complexity index is 70.1. The molecule has 0 radical (unpaired) electrons. The van der Waals surface area contributed by atoms with Crippen LogP contribution in [0.2, 0.25) is 0 Å². The summed E-state index contributed by atoms with van der Waals surface area (Å²) in [6.45, 7) is 0. The monoisotopic (exact) mass is 134 g/mol. The van der Waals surface area contributed by atoms with Gasteiger partial charge in [0.25, 0.3) is 0 Å². The quantitative estimate of drug-likeness (QED) is 0.452. The average molecular weight is 134 g/mol. The number of rotatable bonds is 0. The summed E-state index contributed by atoms with van der Waals surface area (Å²) in [6.07, 6.45) is 0. The van der Waals surface area contributed by atoms with Crippen LogP contribution in [0.25, 0.3) is 0 Å². The molecule has 0 aliphatic carbocycles. The molecular formula is C5H10S2. The minimum Gasteiger partial charge on any atom is -0.191 e. The van der Waals surface area contributed by atoms with E-state index in [9.17, 15) is 0 Å². The summed E-state index contributed by atoms with van der Waals surface area (Å²) in [5.41, 5.74) is 0. The lowest BCUT2D eigenvalue weighted by Gasteiger charge is -2.11. The molecule has 0 amide bonds. The van der Waals surface area contributed by atoms with E-state index >= 15 is 0 Å². The third-order valence-corrected chi connectivity index (χ3v) is 4.10. The predicted molar refractivity (Wildman–Crippen MR) is 41.8 cm³/mol. The van der Waals surface area contributed by atoms with Gasteiger partial charge in [0.2, 0.25) is 0 Å². The van der Waals surface area contributed by atoms with Crippen molar-refractivity contribution in [3.63, 3.8) is 0 Å². The Morgan fingerprint density at radius 3 is 2.14 bits per heavy atom. The molecule has 1 rings (SSSR count). The normalized spacial score (nSPS) is 25.1. The van der Waals surface area contributed by atoms with Crippen molar-refractivity contribution in [3.05, 3.63) is 0 Å². The largest absolute Gasteiger partial charge is 0.191 e. The average Bonchev–Trinajstić information content (AvgIpc) is 1.69. The first-order valence-electron chi connectivity index (χ1n) is 2.44. The fourth-order valence-corrected chi connectivity index (χ4v) is 3.79. The van der Waals surface area contributed by atoms with E-state index in [0.717, 1.165) is 0 Å². The topological polar surface area (TPSA) is 0 Å². The number of hydrogen-bond donors (Lipinski definition) is 0. The molecule has 1 heterocycles. The molecule has 0 aromatic heterocycles.